The number of oxazole rings is 1. The summed E-state index contributed by atoms with van der Waals surface area (Å²) in [5.74, 6) is 0.256. The number of hydrogen-bond donors (Lipinski definition) is 1. The van der Waals surface area contributed by atoms with Gasteiger partial charge < -0.3 is 19.4 Å². The Bertz CT molecular complexity index is 826. The van der Waals surface area contributed by atoms with E-state index in [1.54, 1.807) is 6.07 Å². The number of rotatable bonds is 4. The van der Waals surface area contributed by atoms with Crippen LogP contribution in [0.15, 0.2) is 22.6 Å². The average Bonchev–Trinajstić information content (AvgIpc) is 3.16. The Labute approximate surface area is 150 Å². The van der Waals surface area contributed by atoms with Crippen molar-refractivity contribution in [1.82, 2.24) is 10.3 Å². The molecule has 9 nitrogen and oxygen atoms in total. The molecule has 3 rings (SSSR count). The first-order valence-electron chi connectivity index (χ1n) is 8.48. The van der Waals surface area contributed by atoms with Crippen molar-refractivity contribution < 1.29 is 18.9 Å². The number of anilines is 1. The molecule has 2 aromatic rings. The molecule has 0 radical (unpaired) electrons. The number of non-ortho nitro benzene ring substituents is 1. The van der Waals surface area contributed by atoms with Gasteiger partial charge in [-0.05, 0) is 39.2 Å². The monoisotopic (exact) mass is 362 g/mol. The number of carbonyl (C=O) groups is 1. The number of nitro groups is 1. The molecule has 1 N–H and O–H groups in total. The van der Waals surface area contributed by atoms with E-state index in [0.717, 1.165) is 13.0 Å². The zero-order chi connectivity index (χ0) is 18.9. The van der Waals surface area contributed by atoms with E-state index < -0.39 is 16.6 Å². The SMILES string of the molecule is CC(C)(C)OC(=O)NC[C@H]1CCN(c2nc3cc([N+](=O)[O-])ccc3o2)C1. The minimum Gasteiger partial charge on any atom is -0.444 e. The lowest BCUT2D eigenvalue weighted by atomic mass is 10.1. The molecule has 1 fully saturated rings. The van der Waals surface area contributed by atoms with Crippen LogP contribution in [0.5, 0.6) is 0 Å². The van der Waals surface area contributed by atoms with Crippen LogP contribution in [0.25, 0.3) is 11.1 Å². The van der Waals surface area contributed by atoms with Crippen LogP contribution in [0, 0.1) is 16.0 Å². The van der Waals surface area contributed by atoms with Crippen molar-refractivity contribution in [2.75, 3.05) is 24.5 Å². The van der Waals surface area contributed by atoms with Gasteiger partial charge in [-0.25, -0.2) is 4.79 Å². The number of fused-ring (bicyclic) bond motifs is 1. The first-order chi connectivity index (χ1) is 12.2. The van der Waals surface area contributed by atoms with E-state index >= 15 is 0 Å². The highest BCUT2D eigenvalue weighted by Gasteiger charge is 2.27. The second-order valence-corrected chi connectivity index (χ2v) is 7.39. The van der Waals surface area contributed by atoms with Gasteiger partial charge in [-0.2, -0.15) is 4.98 Å². The molecule has 1 aromatic carbocycles. The maximum atomic E-state index is 11.7. The van der Waals surface area contributed by atoms with E-state index in [-0.39, 0.29) is 11.6 Å². The van der Waals surface area contributed by atoms with Crippen molar-refractivity contribution >= 4 is 28.9 Å². The lowest BCUT2D eigenvalue weighted by Gasteiger charge is -2.20. The number of alkyl carbamates (subject to hydrolysis) is 1. The number of amides is 1. The highest BCUT2D eigenvalue weighted by molar-refractivity contribution is 5.77. The number of aromatic nitrogens is 1. The van der Waals surface area contributed by atoms with Crippen molar-refractivity contribution in [2.24, 2.45) is 5.92 Å². The van der Waals surface area contributed by atoms with Gasteiger partial charge in [0.05, 0.1) is 4.92 Å². The summed E-state index contributed by atoms with van der Waals surface area (Å²) >= 11 is 0. The number of nitro benzene ring substituents is 1. The van der Waals surface area contributed by atoms with E-state index in [2.05, 4.69) is 10.3 Å². The predicted octanol–water partition coefficient (Wildman–Crippen LogP) is 3.09. The van der Waals surface area contributed by atoms with Crippen LogP contribution in [0.2, 0.25) is 0 Å². The fraction of sp³-hybridized carbons (Fsp3) is 0.529. The normalized spacial score (nSPS) is 17.5. The summed E-state index contributed by atoms with van der Waals surface area (Å²) in [6, 6.07) is 4.80. The molecular formula is C17H22N4O5. The third-order valence-electron chi connectivity index (χ3n) is 4.06. The highest BCUT2D eigenvalue weighted by Crippen LogP contribution is 2.28. The Kier molecular flexibility index (Phi) is 4.71. The summed E-state index contributed by atoms with van der Waals surface area (Å²) in [4.78, 5) is 28.5. The van der Waals surface area contributed by atoms with Gasteiger partial charge in [0.1, 0.15) is 11.1 Å². The van der Waals surface area contributed by atoms with Crippen LogP contribution in [-0.2, 0) is 4.74 Å². The summed E-state index contributed by atoms with van der Waals surface area (Å²) in [5.41, 5.74) is 0.441. The van der Waals surface area contributed by atoms with Gasteiger partial charge in [0.25, 0.3) is 11.7 Å². The summed E-state index contributed by atoms with van der Waals surface area (Å²) < 4.78 is 10.9. The third-order valence-corrected chi connectivity index (χ3v) is 4.06. The minimum atomic E-state index is -0.521. The molecule has 9 heteroatoms. The molecule has 1 amide bonds. The first kappa shape index (κ1) is 18.0. The molecule has 1 aliphatic heterocycles. The van der Waals surface area contributed by atoms with Crippen LogP contribution < -0.4 is 10.2 Å². The number of carbonyl (C=O) groups excluding carboxylic acids is 1. The van der Waals surface area contributed by atoms with Crippen molar-refractivity contribution in [3.63, 3.8) is 0 Å². The van der Waals surface area contributed by atoms with Crippen molar-refractivity contribution in [3.8, 4) is 0 Å². The number of hydrogen-bond acceptors (Lipinski definition) is 7. The molecule has 0 aliphatic carbocycles. The van der Waals surface area contributed by atoms with Gasteiger partial charge in [0, 0.05) is 31.8 Å². The Morgan fingerprint density at radius 3 is 2.96 bits per heavy atom. The first-order valence-corrected chi connectivity index (χ1v) is 8.48. The number of ether oxygens (including phenoxy) is 1. The van der Waals surface area contributed by atoms with E-state index in [1.165, 1.54) is 12.1 Å². The molecule has 0 spiro atoms. The van der Waals surface area contributed by atoms with Crippen LogP contribution in [0.4, 0.5) is 16.5 Å². The quantitative estimate of drug-likeness (QED) is 0.657. The average molecular weight is 362 g/mol. The van der Waals surface area contributed by atoms with Crippen LogP contribution in [0.1, 0.15) is 27.2 Å². The maximum absolute atomic E-state index is 11.7. The fourth-order valence-electron chi connectivity index (χ4n) is 2.87. The molecule has 26 heavy (non-hydrogen) atoms. The smallest absolute Gasteiger partial charge is 0.407 e. The fourth-order valence-corrected chi connectivity index (χ4v) is 2.87. The molecule has 2 heterocycles. The molecule has 0 bridgehead atoms. The molecular weight excluding hydrogens is 340 g/mol. The van der Waals surface area contributed by atoms with Crippen molar-refractivity contribution in [3.05, 3.63) is 28.3 Å². The lowest BCUT2D eigenvalue weighted by molar-refractivity contribution is -0.384. The number of nitrogens with one attached hydrogen (secondary N) is 1. The Morgan fingerprint density at radius 1 is 1.50 bits per heavy atom. The van der Waals surface area contributed by atoms with Crippen molar-refractivity contribution in [2.45, 2.75) is 32.8 Å². The summed E-state index contributed by atoms with van der Waals surface area (Å²) in [5, 5.41) is 13.6. The lowest BCUT2D eigenvalue weighted by Crippen LogP contribution is -2.36. The van der Waals surface area contributed by atoms with E-state index in [4.69, 9.17) is 9.15 Å². The van der Waals surface area contributed by atoms with Gasteiger partial charge in [-0.3, -0.25) is 10.1 Å². The third kappa shape index (κ3) is 4.22. The van der Waals surface area contributed by atoms with Crippen LogP contribution in [-0.4, -0.2) is 41.2 Å². The molecule has 140 valence electrons. The number of nitrogens with zero attached hydrogens (tertiary/aromatic N) is 3. The topological polar surface area (TPSA) is 111 Å². The molecule has 1 aliphatic rings. The van der Waals surface area contributed by atoms with Crippen molar-refractivity contribution in [1.29, 1.82) is 0 Å². The maximum Gasteiger partial charge on any atom is 0.407 e. The molecule has 0 unspecified atom stereocenters. The van der Waals surface area contributed by atoms with Gasteiger partial charge in [-0.1, -0.05) is 0 Å². The summed E-state index contributed by atoms with van der Waals surface area (Å²) in [6.45, 7) is 7.40. The zero-order valence-electron chi connectivity index (χ0n) is 15.0. The largest absolute Gasteiger partial charge is 0.444 e. The van der Waals surface area contributed by atoms with Gasteiger partial charge in [0.2, 0.25) is 0 Å². The highest BCUT2D eigenvalue weighted by atomic mass is 16.6. The molecule has 1 aromatic heterocycles. The summed E-state index contributed by atoms with van der Waals surface area (Å²) in [7, 11) is 0. The Morgan fingerprint density at radius 2 is 2.27 bits per heavy atom. The number of benzene rings is 1. The molecule has 1 atom stereocenters. The van der Waals surface area contributed by atoms with E-state index in [1.807, 2.05) is 25.7 Å². The Hall–Kier alpha value is -2.84. The molecule has 0 saturated carbocycles. The standard InChI is InChI=1S/C17H22N4O5/c1-17(2,3)26-16(22)18-9-11-6-7-20(10-11)15-19-13-8-12(21(23)24)4-5-14(13)25-15/h4-5,8,11H,6-7,9-10H2,1-3H3,(H,18,22)/t11-/m1/s1. The second kappa shape index (κ2) is 6.81. The van der Waals surface area contributed by atoms with Gasteiger partial charge in [0.15, 0.2) is 5.58 Å². The summed E-state index contributed by atoms with van der Waals surface area (Å²) in [6.07, 6.45) is 0.458. The van der Waals surface area contributed by atoms with Crippen LogP contribution >= 0.6 is 0 Å². The van der Waals surface area contributed by atoms with Gasteiger partial charge in [-0.15, -0.1) is 0 Å². The van der Waals surface area contributed by atoms with E-state index in [9.17, 15) is 14.9 Å². The minimum absolute atomic E-state index is 0.0155. The zero-order valence-corrected chi connectivity index (χ0v) is 15.0. The van der Waals surface area contributed by atoms with Crippen LogP contribution in [0.3, 0.4) is 0 Å². The van der Waals surface area contributed by atoms with Gasteiger partial charge >= 0.3 is 6.09 Å². The van der Waals surface area contributed by atoms with E-state index in [0.29, 0.717) is 30.2 Å². The Balaban J connectivity index is 1.59. The predicted molar refractivity (Wildman–Crippen MR) is 95.2 cm³/mol. The molecule has 1 saturated heterocycles. The second-order valence-electron chi connectivity index (χ2n) is 7.39.